The standard InChI is InChI=1S/C9H13ClN4/c1-9(4-2-3-5-9)6-12-7(10)14-8(11)13-6/h2-5H2,1H3,(H2,11,12,13,14). The van der Waals surface area contributed by atoms with E-state index in [-0.39, 0.29) is 16.6 Å². The van der Waals surface area contributed by atoms with Crippen LogP contribution in [-0.4, -0.2) is 15.0 Å². The molecule has 1 heterocycles. The lowest BCUT2D eigenvalue weighted by Gasteiger charge is -2.21. The highest BCUT2D eigenvalue weighted by Crippen LogP contribution is 2.38. The molecule has 2 N–H and O–H groups in total. The van der Waals surface area contributed by atoms with Crippen molar-refractivity contribution >= 4 is 17.5 Å². The minimum Gasteiger partial charge on any atom is -0.368 e. The Morgan fingerprint density at radius 3 is 2.43 bits per heavy atom. The zero-order valence-corrected chi connectivity index (χ0v) is 8.88. The van der Waals surface area contributed by atoms with Crippen LogP contribution in [0.4, 0.5) is 5.95 Å². The first-order valence-electron chi connectivity index (χ1n) is 4.78. The van der Waals surface area contributed by atoms with E-state index in [1.807, 2.05) is 0 Å². The molecule has 2 rings (SSSR count). The van der Waals surface area contributed by atoms with Crippen LogP contribution in [0.2, 0.25) is 5.28 Å². The van der Waals surface area contributed by atoms with Crippen molar-refractivity contribution in [2.45, 2.75) is 38.0 Å². The molecule has 1 fully saturated rings. The summed E-state index contributed by atoms with van der Waals surface area (Å²) in [5, 5.41) is 0.195. The van der Waals surface area contributed by atoms with E-state index in [0.717, 1.165) is 18.7 Å². The van der Waals surface area contributed by atoms with Crippen LogP contribution in [0.1, 0.15) is 38.4 Å². The molecule has 1 aromatic heterocycles. The summed E-state index contributed by atoms with van der Waals surface area (Å²) in [6, 6.07) is 0. The summed E-state index contributed by atoms with van der Waals surface area (Å²) in [6.07, 6.45) is 4.65. The predicted octanol–water partition coefficient (Wildman–Crippen LogP) is 1.94. The Morgan fingerprint density at radius 1 is 1.21 bits per heavy atom. The number of aromatic nitrogens is 3. The topological polar surface area (TPSA) is 64.7 Å². The van der Waals surface area contributed by atoms with E-state index in [1.165, 1.54) is 12.8 Å². The number of nitrogens with two attached hydrogens (primary N) is 1. The van der Waals surface area contributed by atoms with Gasteiger partial charge in [-0.1, -0.05) is 19.8 Å². The average molecular weight is 213 g/mol. The summed E-state index contributed by atoms with van der Waals surface area (Å²) < 4.78 is 0. The molecule has 5 heteroatoms. The Bertz CT molecular complexity index is 326. The molecule has 1 aromatic rings. The molecule has 0 radical (unpaired) electrons. The van der Waals surface area contributed by atoms with Crippen LogP contribution in [0, 0.1) is 0 Å². The van der Waals surface area contributed by atoms with Gasteiger partial charge in [-0.25, -0.2) is 4.98 Å². The normalized spacial score (nSPS) is 19.9. The second kappa shape index (κ2) is 3.35. The van der Waals surface area contributed by atoms with E-state index in [4.69, 9.17) is 17.3 Å². The predicted molar refractivity (Wildman–Crippen MR) is 55.1 cm³/mol. The van der Waals surface area contributed by atoms with Gasteiger partial charge >= 0.3 is 0 Å². The number of hydrogen-bond acceptors (Lipinski definition) is 4. The Morgan fingerprint density at radius 2 is 1.86 bits per heavy atom. The molecular weight excluding hydrogens is 200 g/mol. The van der Waals surface area contributed by atoms with Crippen LogP contribution in [0.15, 0.2) is 0 Å². The summed E-state index contributed by atoms with van der Waals surface area (Å²) in [4.78, 5) is 12.1. The van der Waals surface area contributed by atoms with Gasteiger partial charge in [0.15, 0.2) is 0 Å². The van der Waals surface area contributed by atoms with E-state index in [2.05, 4.69) is 21.9 Å². The number of anilines is 1. The van der Waals surface area contributed by atoms with E-state index < -0.39 is 0 Å². The molecule has 0 atom stereocenters. The number of nitrogen functional groups attached to an aromatic ring is 1. The van der Waals surface area contributed by atoms with Gasteiger partial charge in [-0.05, 0) is 24.4 Å². The van der Waals surface area contributed by atoms with E-state index >= 15 is 0 Å². The molecular formula is C9H13ClN4. The smallest absolute Gasteiger partial charge is 0.227 e. The molecule has 1 aliphatic carbocycles. The molecule has 0 unspecified atom stereocenters. The van der Waals surface area contributed by atoms with Crippen LogP contribution < -0.4 is 5.73 Å². The zero-order valence-electron chi connectivity index (χ0n) is 8.13. The maximum Gasteiger partial charge on any atom is 0.227 e. The van der Waals surface area contributed by atoms with Gasteiger partial charge in [-0.3, -0.25) is 0 Å². The molecule has 0 saturated heterocycles. The molecule has 1 aliphatic rings. The SMILES string of the molecule is CC1(c2nc(N)nc(Cl)n2)CCCC1. The van der Waals surface area contributed by atoms with Crippen molar-refractivity contribution in [2.75, 3.05) is 5.73 Å². The zero-order chi connectivity index (χ0) is 10.2. The summed E-state index contributed by atoms with van der Waals surface area (Å²) in [5.74, 6) is 0.959. The van der Waals surface area contributed by atoms with Gasteiger partial charge in [0.1, 0.15) is 5.82 Å². The number of hydrogen-bond donors (Lipinski definition) is 1. The van der Waals surface area contributed by atoms with Gasteiger partial charge in [0.05, 0.1) is 0 Å². The summed E-state index contributed by atoms with van der Waals surface area (Å²) in [7, 11) is 0. The first kappa shape index (κ1) is 9.65. The largest absolute Gasteiger partial charge is 0.368 e. The minimum atomic E-state index is 0.0424. The fourth-order valence-electron chi connectivity index (χ4n) is 2.01. The Hall–Kier alpha value is -0.900. The first-order chi connectivity index (χ1) is 6.60. The van der Waals surface area contributed by atoms with Crippen LogP contribution in [0.5, 0.6) is 0 Å². The van der Waals surface area contributed by atoms with Gasteiger partial charge in [0, 0.05) is 5.41 Å². The second-order valence-electron chi connectivity index (χ2n) is 4.05. The van der Waals surface area contributed by atoms with Crippen LogP contribution in [-0.2, 0) is 5.41 Å². The molecule has 1 saturated carbocycles. The lowest BCUT2D eigenvalue weighted by molar-refractivity contribution is 0.457. The van der Waals surface area contributed by atoms with Crippen molar-refractivity contribution in [1.82, 2.24) is 15.0 Å². The van der Waals surface area contributed by atoms with E-state index in [9.17, 15) is 0 Å². The van der Waals surface area contributed by atoms with Crippen molar-refractivity contribution in [3.8, 4) is 0 Å². The Kier molecular flexibility index (Phi) is 2.31. The fraction of sp³-hybridized carbons (Fsp3) is 0.667. The maximum absolute atomic E-state index is 5.75. The van der Waals surface area contributed by atoms with Gasteiger partial charge in [0.2, 0.25) is 11.2 Å². The van der Waals surface area contributed by atoms with Crippen LogP contribution in [0.3, 0.4) is 0 Å². The van der Waals surface area contributed by atoms with Crippen molar-refractivity contribution in [1.29, 1.82) is 0 Å². The molecule has 0 aromatic carbocycles. The molecule has 76 valence electrons. The summed E-state index contributed by atoms with van der Waals surface area (Å²) in [6.45, 7) is 2.16. The van der Waals surface area contributed by atoms with Crippen molar-refractivity contribution < 1.29 is 0 Å². The molecule has 0 spiro atoms. The molecule has 4 nitrogen and oxygen atoms in total. The highest BCUT2D eigenvalue weighted by molar-refractivity contribution is 6.28. The van der Waals surface area contributed by atoms with Gasteiger partial charge in [-0.2, -0.15) is 9.97 Å². The van der Waals surface area contributed by atoms with Crippen molar-refractivity contribution in [3.05, 3.63) is 11.1 Å². The number of rotatable bonds is 1. The average Bonchev–Trinajstić information content (AvgIpc) is 2.52. The Balaban J connectivity index is 2.40. The quantitative estimate of drug-likeness (QED) is 0.773. The molecule has 0 bridgehead atoms. The third-order valence-corrected chi connectivity index (χ3v) is 3.04. The van der Waals surface area contributed by atoms with Gasteiger partial charge in [-0.15, -0.1) is 0 Å². The minimum absolute atomic E-state index is 0.0424. The van der Waals surface area contributed by atoms with Crippen molar-refractivity contribution in [2.24, 2.45) is 0 Å². The molecule has 0 aliphatic heterocycles. The van der Waals surface area contributed by atoms with Crippen LogP contribution in [0.25, 0.3) is 0 Å². The maximum atomic E-state index is 5.75. The highest BCUT2D eigenvalue weighted by atomic mass is 35.5. The van der Waals surface area contributed by atoms with Crippen LogP contribution >= 0.6 is 11.6 Å². The summed E-state index contributed by atoms with van der Waals surface area (Å²) in [5.41, 5.74) is 5.58. The third kappa shape index (κ3) is 1.66. The third-order valence-electron chi connectivity index (χ3n) is 2.87. The highest BCUT2D eigenvalue weighted by Gasteiger charge is 2.33. The Labute approximate surface area is 87.9 Å². The fourth-order valence-corrected chi connectivity index (χ4v) is 2.18. The monoisotopic (exact) mass is 212 g/mol. The number of nitrogens with zero attached hydrogens (tertiary/aromatic N) is 3. The van der Waals surface area contributed by atoms with Gasteiger partial charge < -0.3 is 5.73 Å². The lowest BCUT2D eigenvalue weighted by Crippen LogP contribution is -2.22. The van der Waals surface area contributed by atoms with Crippen molar-refractivity contribution in [3.63, 3.8) is 0 Å². The van der Waals surface area contributed by atoms with Gasteiger partial charge in [0.25, 0.3) is 0 Å². The van der Waals surface area contributed by atoms with E-state index in [1.54, 1.807) is 0 Å². The molecule has 0 amide bonds. The second-order valence-corrected chi connectivity index (χ2v) is 4.39. The lowest BCUT2D eigenvalue weighted by atomic mass is 9.88. The number of halogens is 1. The molecule has 14 heavy (non-hydrogen) atoms. The first-order valence-corrected chi connectivity index (χ1v) is 5.15. The van der Waals surface area contributed by atoms with E-state index in [0.29, 0.717) is 0 Å². The summed E-state index contributed by atoms with van der Waals surface area (Å²) >= 11 is 5.75.